The van der Waals surface area contributed by atoms with Gasteiger partial charge in [-0.25, -0.2) is 9.97 Å². The third-order valence-corrected chi connectivity index (χ3v) is 4.68. The van der Waals surface area contributed by atoms with E-state index in [0.717, 1.165) is 18.5 Å². The molecular weight excluding hydrogens is 326 g/mol. The van der Waals surface area contributed by atoms with Gasteiger partial charge in [0.2, 0.25) is 11.9 Å². The number of fused-ring (bicyclic) bond motifs is 1. The Labute approximate surface area is 152 Å². The Morgan fingerprint density at radius 1 is 1.19 bits per heavy atom. The highest BCUT2D eigenvalue weighted by molar-refractivity contribution is 5.93. The second kappa shape index (κ2) is 7.39. The van der Waals surface area contributed by atoms with E-state index in [0.29, 0.717) is 25.5 Å². The van der Waals surface area contributed by atoms with Crippen molar-refractivity contribution >= 4 is 28.3 Å². The van der Waals surface area contributed by atoms with Crippen LogP contribution in [-0.2, 0) is 4.79 Å². The minimum Gasteiger partial charge on any atom is -0.361 e. The van der Waals surface area contributed by atoms with Gasteiger partial charge in [-0.05, 0) is 24.1 Å². The van der Waals surface area contributed by atoms with E-state index in [9.17, 15) is 4.79 Å². The molecule has 6 heteroatoms. The number of nitrogens with zero attached hydrogens (tertiary/aromatic N) is 3. The number of aromatic nitrogens is 3. The molecular formula is C20H21N5O. The molecule has 0 radical (unpaired) electrons. The minimum absolute atomic E-state index is 0.155. The van der Waals surface area contributed by atoms with Gasteiger partial charge in [0.05, 0.1) is 0 Å². The molecule has 3 heterocycles. The first kappa shape index (κ1) is 16.3. The van der Waals surface area contributed by atoms with Crippen LogP contribution in [0.15, 0.2) is 55.0 Å². The SMILES string of the molecule is O=C(CCNc1ncccn1)N1CC=C(c2c[nH]c3ccccc23)CC1. The van der Waals surface area contributed by atoms with Crippen molar-refractivity contribution in [2.45, 2.75) is 12.8 Å². The van der Waals surface area contributed by atoms with Gasteiger partial charge in [0.25, 0.3) is 0 Å². The largest absolute Gasteiger partial charge is 0.361 e. The Kier molecular flexibility index (Phi) is 4.64. The van der Waals surface area contributed by atoms with Crippen LogP contribution in [0.4, 0.5) is 5.95 Å². The molecule has 1 amide bonds. The first-order valence-corrected chi connectivity index (χ1v) is 8.85. The fourth-order valence-corrected chi connectivity index (χ4v) is 3.31. The van der Waals surface area contributed by atoms with Crippen LogP contribution in [0.3, 0.4) is 0 Å². The Morgan fingerprint density at radius 2 is 2.04 bits per heavy atom. The summed E-state index contributed by atoms with van der Waals surface area (Å²) in [5.74, 6) is 0.711. The lowest BCUT2D eigenvalue weighted by molar-refractivity contribution is -0.130. The third kappa shape index (κ3) is 3.44. The predicted octanol–water partition coefficient (Wildman–Crippen LogP) is 3.08. The van der Waals surface area contributed by atoms with Crippen LogP contribution in [0.5, 0.6) is 0 Å². The van der Waals surface area contributed by atoms with Crippen molar-refractivity contribution in [3.63, 3.8) is 0 Å². The smallest absolute Gasteiger partial charge is 0.224 e. The molecule has 1 aliphatic heterocycles. The average molecular weight is 347 g/mol. The van der Waals surface area contributed by atoms with E-state index in [2.05, 4.69) is 50.7 Å². The Morgan fingerprint density at radius 3 is 2.85 bits per heavy atom. The molecule has 1 aromatic carbocycles. The second-order valence-corrected chi connectivity index (χ2v) is 6.32. The van der Waals surface area contributed by atoms with E-state index in [-0.39, 0.29) is 5.91 Å². The lowest BCUT2D eigenvalue weighted by Gasteiger charge is -2.26. The normalized spacial score (nSPS) is 14.3. The zero-order chi connectivity index (χ0) is 17.8. The quantitative estimate of drug-likeness (QED) is 0.744. The molecule has 26 heavy (non-hydrogen) atoms. The molecule has 1 aliphatic rings. The van der Waals surface area contributed by atoms with E-state index >= 15 is 0 Å². The average Bonchev–Trinajstić information content (AvgIpc) is 3.13. The van der Waals surface area contributed by atoms with Gasteiger partial charge in [0, 0.05) is 61.1 Å². The summed E-state index contributed by atoms with van der Waals surface area (Å²) in [4.78, 5) is 25.8. The molecule has 0 bridgehead atoms. The number of H-pyrrole nitrogens is 1. The number of hydrogen-bond donors (Lipinski definition) is 2. The first-order chi connectivity index (χ1) is 12.8. The topological polar surface area (TPSA) is 73.9 Å². The predicted molar refractivity (Wildman–Crippen MR) is 103 cm³/mol. The summed E-state index contributed by atoms with van der Waals surface area (Å²) in [5.41, 5.74) is 3.70. The van der Waals surface area contributed by atoms with Gasteiger partial charge in [-0.1, -0.05) is 24.3 Å². The van der Waals surface area contributed by atoms with Crippen molar-refractivity contribution in [3.8, 4) is 0 Å². The highest BCUT2D eigenvalue weighted by Crippen LogP contribution is 2.29. The number of amides is 1. The molecule has 2 aromatic heterocycles. The number of para-hydroxylation sites is 1. The molecule has 0 saturated carbocycles. The van der Waals surface area contributed by atoms with Crippen LogP contribution in [-0.4, -0.2) is 45.4 Å². The van der Waals surface area contributed by atoms with E-state index in [1.54, 1.807) is 18.5 Å². The zero-order valence-electron chi connectivity index (χ0n) is 14.5. The van der Waals surface area contributed by atoms with E-state index in [1.165, 1.54) is 16.5 Å². The van der Waals surface area contributed by atoms with Gasteiger partial charge >= 0.3 is 0 Å². The van der Waals surface area contributed by atoms with Crippen molar-refractivity contribution in [2.75, 3.05) is 25.0 Å². The Bertz CT molecular complexity index is 932. The number of carbonyl (C=O) groups is 1. The number of nitrogens with one attached hydrogen (secondary N) is 2. The van der Waals surface area contributed by atoms with Crippen molar-refractivity contribution in [1.29, 1.82) is 0 Å². The van der Waals surface area contributed by atoms with Crippen molar-refractivity contribution in [1.82, 2.24) is 19.9 Å². The van der Waals surface area contributed by atoms with E-state index < -0.39 is 0 Å². The fourth-order valence-electron chi connectivity index (χ4n) is 3.31. The second-order valence-electron chi connectivity index (χ2n) is 6.32. The van der Waals surface area contributed by atoms with Crippen LogP contribution in [0.2, 0.25) is 0 Å². The lowest BCUT2D eigenvalue weighted by atomic mass is 9.99. The Hall–Kier alpha value is -3.15. The van der Waals surface area contributed by atoms with Crippen LogP contribution >= 0.6 is 0 Å². The summed E-state index contributed by atoms with van der Waals surface area (Å²) in [6, 6.07) is 10.1. The number of aromatic amines is 1. The van der Waals surface area contributed by atoms with Gasteiger partial charge in [0.1, 0.15) is 0 Å². The number of carbonyl (C=O) groups excluding carboxylic acids is 1. The molecule has 132 valence electrons. The summed E-state index contributed by atoms with van der Waals surface area (Å²) < 4.78 is 0. The molecule has 0 aliphatic carbocycles. The van der Waals surface area contributed by atoms with E-state index in [4.69, 9.17) is 0 Å². The molecule has 0 fully saturated rings. The van der Waals surface area contributed by atoms with Crippen molar-refractivity contribution in [2.24, 2.45) is 0 Å². The fraction of sp³-hybridized carbons (Fsp3) is 0.250. The summed E-state index contributed by atoms with van der Waals surface area (Å²) in [5, 5.41) is 4.32. The number of hydrogen-bond acceptors (Lipinski definition) is 4. The van der Waals surface area contributed by atoms with E-state index in [1.807, 2.05) is 11.0 Å². The highest BCUT2D eigenvalue weighted by atomic mass is 16.2. The standard InChI is InChI=1S/C20H21N5O/c26-19(6-11-23-20-21-9-3-10-22-20)25-12-7-15(8-13-25)17-14-24-18-5-2-1-4-16(17)18/h1-5,7,9-10,14,24H,6,8,11-13H2,(H,21,22,23). The number of anilines is 1. The van der Waals surface area contributed by atoms with Crippen molar-refractivity contribution in [3.05, 3.63) is 60.6 Å². The maximum atomic E-state index is 12.4. The zero-order valence-corrected chi connectivity index (χ0v) is 14.5. The number of rotatable bonds is 5. The minimum atomic E-state index is 0.155. The van der Waals surface area contributed by atoms with Gasteiger partial charge in [-0.2, -0.15) is 0 Å². The molecule has 0 saturated heterocycles. The van der Waals surface area contributed by atoms with Crippen molar-refractivity contribution < 1.29 is 4.79 Å². The van der Waals surface area contributed by atoms with Gasteiger partial charge in [-0.15, -0.1) is 0 Å². The summed E-state index contributed by atoms with van der Waals surface area (Å²) in [6.45, 7) is 1.96. The van der Waals surface area contributed by atoms with Gasteiger partial charge < -0.3 is 15.2 Å². The summed E-state index contributed by atoms with van der Waals surface area (Å²) in [7, 11) is 0. The van der Waals surface area contributed by atoms with Crippen LogP contribution in [0.1, 0.15) is 18.4 Å². The molecule has 0 atom stereocenters. The molecule has 6 nitrogen and oxygen atoms in total. The van der Waals surface area contributed by atoms with Gasteiger partial charge in [0.15, 0.2) is 0 Å². The highest BCUT2D eigenvalue weighted by Gasteiger charge is 2.19. The third-order valence-electron chi connectivity index (χ3n) is 4.68. The molecule has 3 aromatic rings. The molecule has 0 unspecified atom stereocenters. The van der Waals surface area contributed by atoms with Gasteiger partial charge in [-0.3, -0.25) is 4.79 Å². The van der Waals surface area contributed by atoms with Crippen LogP contribution in [0.25, 0.3) is 16.5 Å². The summed E-state index contributed by atoms with van der Waals surface area (Å²) in [6.07, 6.45) is 8.91. The Balaban J connectivity index is 1.34. The maximum absolute atomic E-state index is 12.4. The van der Waals surface area contributed by atoms with Crippen LogP contribution in [0, 0.1) is 0 Å². The number of benzene rings is 1. The lowest BCUT2D eigenvalue weighted by Crippen LogP contribution is -2.35. The monoisotopic (exact) mass is 347 g/mol. The molecule has 0 spiro atoms. The molecule has 4 rings (SSSR count). The maximum Gasteiger partial charge on any atom is 0.224 e. The first-order valence-electron chi connectivity index (χ1n) is 8.85. The molecule has 2 N–H and O–H groups in total. The summed E-state index contributed by atoms with van der Waals surface area (Å²) >= 11 is 0. The van der Waals surface area contributed by atoms with Crippen LogP contribution < -0.4 is 5.32 Å².